The molecule has 2 aromatic rings. The zero-order chi connectivity index (χ0) is 15.5. The van der Waals surface area contributed by atoms with Gasteiger partial charge in [-0.25, -0.2) is 9.97 Å². The van der Waals surface area contributed by atoms with Crippen LogP contribution in [0.25, 0.3) is 11.3 Å². The highest BCUT2D eigenvalue weighted by molar-refractivity contribution is 6.28. The number of hydrogen-bond donors (Lipinski definition) is 1. The number of nitrogens with zero attached hydrogens (tertiary/aromatic N) is 5. The summed E-state index contributed by atoms with van der Waals surface area (Å²) < 4.78 is 1.78. The zero-order valence-corrected chi connectivity index (χ0v) is 12.7. The van der Waals surface area contributed by atoms with Gasteiger partial charge in [-0.3, -0.25) is 4.68 Å². The largest absolute Gasteiger partial charge is 0.391 e. The van der Waals surface area contributed by atoms with Crippen LogP contribution in [0.1, 0.15) is 31.7 Å². The average Bonchev–Trinajstić information content (AvgIpc) is 2.99. The van der Waals surface area contributed by atoms with Gasteiger partial charge in [0.15, 0.2) is 0 Å². The molecule has 0 saturated heterocycles. The van der Waals surface area contributed by atoms with Gasteiger partial charge in [0.2, 0.25) is 5.28 Å². The van der Waals surface area contributed by atoms with E-state index in [0.29, 0.717) is 24.5 Å². The molecule has 0 amide bonds. The maximum atomic E-state index is 10.2. The number of rotatable bonds is 3. The smallest absolute Gasteiger partial charge is 0.222 e. The molecule has 0 radical (unpaired) electrons. The molecule has 0 spiro atoms. The van der Waals surface area contributed by atoms with Crippen LogP contribution in [0.4, 0.5) is 0 Å². The van der Waals surface area contributed by atoms with E-state index in [1.807, 2.05) is 6.20 Å². The van der Waals surface area contributed by atoms with Gasteiger partial charge >= 0.3 is 0 Å². The van der Waals surface area contributed by atoms with E-state index in [1.165, 1.54) is 0 Å². The topological polar surface area (TPSA) is 87.6 Å². The first-order valence-electron chi connectivity index (χ1n) is 7.25. The summed E-state index contributed by atoms with van der Waals surface area (Å²) >= 11 is 5.81. The van der Waals surface area contributed by atoms with Crippen LogP contribution in [0.5, 0.6) is 0 Å². The van der Waals surface area contributed by atoms with Gasteiger partial charge < -0.3 is 5.11 Å². The van der Waals surface area contributed by atoms with Gasteiger partial charge in [0.1, 0.15) is 0 Å². The normalized spacial score (nSPS) is 24.9. The molecule has 3 unspecified atom stereocenters. The third-order valence-electron chi connectivity index (χ3n) is 4.13. The number of aromatic nitrogens is 4. The van der Waals surface area contributed by atoms with Crippen molar-refractivity contribution in [2.75, 3.05) is 0 Å². The molecule has 2 aromatic heterocycles. The quantitative estimate of drug-likeness (QED) is 0.879. The molecule has 2 heterocycles. The Labute approximate surface area is 133 Å². The van der Waals surface area contributed by atoms with Gasteiger partial charge in [-0.2, -0.15) is 10.4 Å². The van der Waals surface area contributed by atoms with Crippen molar-refractivity contribution in [3.05, 3.63) is 29.9 Å². The lowest BCUT2D eigenvalue weighted by Crippen LogP contribution is -2.31. The average molecular weight is 318 g/mol. The summed E-state index contributed by atoms with van der Waals surface area (Å²) in [5, 5.41) is 23.7. The summed E-state index contributed by atoms with van der Waals surface area (Å²) in [6.45, 7) is 0. The standard InChI is InChI=1S/C15H16ClN5O/c16-15-18-6-4-12(20-15)11-8-19-21(9-11)13-7-10(3-5-17)1-2-14(13)22/h4,6,8-10,13-14,22H,1-3,7H2. The van der Waals surface area contributed by atoms with E-state index in [-0.39, 0.29) is 11.3 Å². The highest BCUT2D eigenvalue weighted by Crippen LogP contribution is 2.34. The lowest BCUT2D eigenvalue weighted by atomic mass is 9.82. The van der Waals surface area contributed by atoms with E-state index < -0.39 is 6.10 Å². The van der Waals surface area contributed by atoms with E-state index in [2.05, 4.69) is 21.1 Å². The second kappa shape index (κ2) is 6.42. The predicted octanol–water partition coefficient (Wildman–Crippen LogP) is 2.61. The second-order valence-electron chi connectivity index (χ2n) is 5.60. The molecule has 0 aliphatic heterocycles. The fraction of sp³-hybridized carbons (Fsp3) is 0.467. The number of halogens is 1. The molecule has 7 heteroatoms. The summed E-state index contributed by atoms with van der Waals surface area (Å²) in [4.78, 5) is 8.02. The van der Waals surface area contributed by atoms with E-state index in [1.54, 1.807) is 23.1 Å². The number of aliphatic hydroxyl groups is 1. The third-order valence-corrected chi connectivity index (χ3v) is 4.31. The molecule has 3 atom stereocenters. The summed E-state index contributed by atoms with van der Waals surface area (Å²) in [5.74, 6) is 0.319. The van der Waals surface area contributed by atoms with Crippen LogP contribution in [0, 0.1) is 17.2 Å². The van der Waals surface area contributed by atoms with Crippen molar-refractivity contribution < 1.29 is 5.11 Å². The predicted molar refractivity (Wildman–Crippen MR) is 80.9 cm³/mol. The van der Waals surface area contributed by atoms with E-state index >= 15 is 0 Å². The molecule has 1 N–H and O–H groups in total. The fourth-order valence-corrected chi connectivity index (χ4v) is 3.11. The number of aliphatic hydroxyl groups excluding tert-OH is 1. The van der Waals surface area contributed by atoms with Gasteiger partial charge in [0, 0.05) is 24.4 Å². The van der Waals surface area contributed by atoms with E-state index in [4.69, 9.17) is 16.9 Å². The molecule has 1 fully saturated rings. The van der Waals surface area contributed by atoms with Crippen molar-refractivity contribution in [1.82, 2.24) is 19.7 Å². The Morgan fingerprint density at radius 3 is 3.09 bits per heavy atom. The summed E-state index contributed by atoms with van der Waals surface area (Å²) in [6, 6.07) is 3.89. The first-order chi connectivity index (χ1) is 10.7. The van der Waals surface area contributed by atoms with Crippen molar-refractivity contribution in [2.24, 2.45) is 5.92 Å². The molecule has 22 heavy (non-hydrogen) atoms. The Balaban J connectivity index is 1.82. The first kappa shape index (κ1) is 14.9. The van der Waals surface area contributed by atoms with Crippen molar-refractivity contribution in [2.45, 2.75) is 37.8 Å². The fourth-order valence-electron chi connectivity index (χ4n) is 2.96. The second-order valence-corrected chi connectivity index (χ2v) is 5.93. The maximum absolute atomic E-state index is 10.2. The molecule has 1 aliphatic rings. The van der Waals surface area contributed by atoms with Crippen molar-refractivity contribution >= 4 is 11.6 Å². The van der Waals surface area contributed by atoms with E-state index in [9.17, 15) is 5.11 Å². The molecule has 1 aliphatic carbocycles. The SMILES string of the molecule is N#CCC1CCC(O)C(n2cc(-c3ccnc(Cl)n3)cn2)C1. The van der Waals surface area contributed by atoms with Crippen molar-refractivity contribution in [1.29, 1.82) is 5.26 Å². The van der Waals surface area contributed by atoms with Crippen molar-refractivity contribution in [3.63, 3.8) is 0 Å². The maximum Gasteiger partial charge on any atom is 0.222 e. The third kappa shape index (κ3) is 3.11. The van der Waals surface area contributed by atoms with Crippen molar-refractivity contribution in [3.8, 4) is 17.3 Å². The van der Waals surface area contributed by atoms with Crippen LogP contribution < -0.4 is 0 Å². The first-order valence-corrected chi connectivity index (χ1v) is 7.63. The minimum Gasteiger partial charge on any atom is -0.391 e. The van der Waals surface area contributed by atoms with Gasteiger partial charge in [-0.05, 0) is 42.8 Å². The van der Waals surface area contributed by atoms with Crippen LogP contribution >= 0.6 is 11.6 Å². The van der Waals surface area contributed by atoms with Crippen LogP contribution in [-0.2, 0) is 0 Å². The summed E-state index contributed by atoms with van der Waals surface area (Å²) in [5.41, 5.74) is 1.53. The Hall–Kier alpha value is -1.97. The highest BCUT2D eigenvalue weighted by atomic mass is 35.5. The highest BCUT2D eigenvalue weighted by Gasteiger charge is 2.31. The summed E-state index contributed by atoms with van der Waals surface area (Å²) in [6.07, 6.45) is 7.61. The molecule has 6 nitrogen and oxygen atoms in total. The lowest BCUT2D eigenvalue weighted by molar-refractivity contribution is 0.0493. The van der Waals surface area contributed by atoms with Crippen LogP contribution in [0.15, 0.2) is 24.7 Å². The number of nitriles is 1. The molecular weight excluding hydrogens is 302 g/mol. The van der Waals surface area contributed by atoms with Gasteiger partial charge in [-0.15, -0.1) is 0 Å². The Morgan fingerprint density at radius 2 is 2.32 bits per heavy atom. The Kier molecular flexibility index (Phi) is 4.36. The van der Waals surface area contributed by atoms with Crippen LogP contribution in [-0.4, -0.2) is 31.0 Å². The van der Waals surface area contributed by atoms with Gasteiger partial charge in [-0.1, -0.05) is 0 Å². The minimum atomic E-state index is -0.434. The van der Waals surface area contributed by atoms with Crippen LogP contribution in [0.2, 0.25) is 5.28 Å². The lowest BCUT2D eigenvalue weighted by Gasteiger charge is -2.32. The monoisotopic (exact) mass is 317 g/mol. The van der Waals surface area contributed by atoms with Crippen LogP contribution in [0.3, 0.4) is 0 Å². The number of hydrogen-bond acceptors (Lipinski definition) is 5. The molecule has 0 aromatic carbocycles. The molecule has 0 bridgehead atoms. The zero-order valence-electron chi connectivity index (χ0n) is 11.9. The molecule has 1 saturated carbocycles. The Morgan fingerprint density at radius 1 is 1.45 bits per heavy atom. The van der Waals surface area contributed by atoms with E-state index in [0.717, 1.165) is 18.4 Å². The van der Waals surface area contributed by atoms with Gasteiger partial charge in [0.05, 0.1) is 30.1 Å². The Bertz CT molecular complexity index is 695. The minimum absolute atomic E-state index is 0.0989. The molecule has 3 rings (SSSR count). The van der Waals surface area contributed by atoms with Gasteiger partial charge in [0.25, 0.3) is 0 Å². The summed E-state index contributed by atoms with van der Waals surface area (Å²) in [7, 11) is 0. The molecule has 114 valence electrons. The molecular formula is C15H16ClN5O.